The van der Waals surface area contributed by atoms with E-state index in [0.29, 0.717) is 17.6 Å². The van der Waals surface area contributed by atoms with Crippen LogP contribution in [0.4, 0.5) is 0 Å². The van der Waals surface area contributed by atoms with Crippen molar-refractivity contribution in [3.63, 3.8) is 0 Å². The van der Waals surface area contributed by atoms with Gasteiger partial charge in [-0.1, -0.05) is 0 Å². The summed E-state index contributed by atoms with van der Waals surface area (Å²) in [4.78, 5) is 12.1. The number of hydrogen-bond acceptors (Lipinski definition) is 5. The van der Waals surface area contributed by atoms with E-state index in [-0.39, 0.29) is 12.3 Å². The van der Waals surface area contributed by atoms with Crippen LogP contribution in [-0.2, 0) is 13.7 Å². The lowest BCUT2D eigenvalue weighted by Crippen LogP contribution is -2.23. The van der Waals surface area contributed by atoms with E-state index in [0.717, 1.165) is 23.6 Å². The van der Waals surface area contributed by atoms with Gasteiger partial charge in [-0.3, -0.25) is 5.09 Å². The Labute approximate surface area is 126 Å². The van der Waals surface area contributed by atoms with Crippen LogP contribution in [0.2, 0.25) is 1.41 Å². The van der Waals surface area contributed by atoms with Crippen LogP contribution in [-0.4, -0.2) is 34.5 Å². The van der Waals surface area contributed by atoms with E-state index in [1.807, 2.05) is 12.3 Å². The van der Waals surface area contributed by atoms with Gasteiger partial charge in [0.05, 0.1) is 11.4 Å². The lowest BCUT2D eigenvalue weighted by molar-refractivity contribution is 0.282. The van der Waals surface area contributed by atoms with Gasteiger partial charge in [-0.25, -0.2) is 4.79 Å². The normalized spacial score (nSPS) is 15.0. The first-order chi connectivity index (χ1) is 11.1. The van der Waals surface area contributed by atoms with Crippen molar-refractivity contribution < 1.29 is 6.15 Å². The Bertz CT molecular complexity index is 902. The van der Waals surface area contributed by atoms with E-state index < -0.39 is 0 Å². The first-order valence-electron chi connectivity index (χ1n) is 7.45. The van der Waals surface area contributed by atoms with Crippen molar-refractivity contribution in [3.8, 4) is 11.6 Å². The number of rotatable bonds is 5. The van der Waals surface area contributed by atoms with Gasteiger partial charge in [0.1, 0.15) is 6.61 Å². The summed E-state index contributed by atoms with van der Waals surface area (Å²) in [5.74, 6) is 0.362. The predicted molar refractivity (Wildman–Crippen MR) is 75.8 cm³/mol. The SMILES string of the molecule is [3H]n1ccc(OCc2c(-n3nnn(C)c3=O)ccn2C2CC2)n1. The number of tetrazole rings is 1. The molecule has 9 nitrogen and oxygen atoms in total. The smallest absolute Gasteiger partial charge is 0.368 e. The molecular weight excluding hydrogens is 286 g/mol. The molecule has 0 radical (unpaired) electrons. The van der Waals surface area contributed by atoms with Crippen LogP contribution in [0.25, 0.3) is 5.69 Å². The molecule has 0 amide bonds. The standard InChI is InChI=1S/C13H15N7O2/c1-18-13(21)20(17-16-18)10-5-7-19(9-2-3-9)11(10)8-22-12-4-6-14-15-12/h4-7,9H,2-3,8H2,1H3,(H,14,15)/i/hT. The molecule has 0 spiro atoms. The average Bonchev–Trinajstić information content (AvgIpc) is 3.03. The van der Waals surface area contributed by atoms with Crippen molar-refractivity contribution in [2.45, 2.75) is 25.5 Å². The zero-order valence-electron chi connectivity index (χ0n) is 13.0. The number of ether oxygens (including phenoxy) is 1. The molecule has 9 heteroatoms. The number of hydrogen-bond donors (Lipinski definition) is 1. The fourth-order valence-electron chi connectivity index (χ4n) is 2.41. The van der Waals surface area contributed by atoms with Crippen molar-refractivity contribution in [1.82, 2.24) is 34.5 Å². The molecule has 3 aromatic rings. The summed E-state index contributed by atoms with van der Waals surface area (Å²) in [7, 11) is 1.56. The number of nitrogens with one attached hydrogen (secondary N) is 1. The summed E-state index contributed by atoms with van der Waals surface area (Å²) in [5, 5.41) is 12.5. The molecule has 1 saturated carbocycles. The first kappa shape index (κ1) is 11.8. The second-order valence-electron chi connectivity index (χ2n) is 5.24. The zero-order valence-corrected chi connectivity index (χ0v) is 12.0. The molecule has 22 heavy (non-hydrogen) atoms. The highest BCUT2D eigenvalue weighted by Gasteiger charge is 2.28. The Kier molecular flexibility index (Phi) is 2.60. The van der Waals surface area contributed by atoms with Crippen LogP contribution in [0.1, 0.15) is 24.6 Å². The fraction of sp³-hybridized carbons (Fsp3) is 0.385. The molecule has 1 N–H and O–H groups in total. The molecule has 0 aromatic carbocycles. The minimum Gasteiger partial charge on any atom is -0.470 e. The Hall–Kier alpha value is -2.84. The van der Waals surface area contributed by atoms with Crippen molar-refractivity contribution in [2.24, 2.45) is 7.05 Å². The van der Waals surface area contributed by atoms with E-state index in [1.165, 1.54) is 15.6 Å². The highest BCUT2D eigenvalue weighted by molar-refractivity contribution is 5.37. The first-order valence-corrected chi connectivity index (χ1v) is 7.00. The van der Waals surface area contributed by atoms with Gasteiger partial charge in [-0.2, -0.15) is 9.36 Å². The second-order valence-corrected chi connectivity index (χ2v) is 5.24. The quantitative estimate of drug-likeness (QED) is 0.736. The van der Waals surface area contributed by atoms with Crippen molar-refractivity contribution in [1.29, 1.82) is 0 Å². The summed E-state index contributed by atoms with van der Waals surface area (Å²) < 4.78 is 17.6. The minimum absolute atomic E-state index is 0.235. The summed E-state index contributed by atoms with van der Waals surface area (Å²) >= 11 is 0. The van der Waals surface area contributed by atoms with Crippen LogP contribution in [0.5, 0.6) is 5.88 Å². The molecule has 114 valence electrons. The molecule has 0 unspecified atom stereocenters. The number of nitrogens with zero attached hydrogens (tertiary/aromatic N) is 6. The number of aryl methyl sites for hydroxylation is 1. The topological polar surface area (TPSA) is 95.5 Å². The molecular formula is C13H15N7O2. The van der Waals surface area contributed by atoms with E-state index in [2.05, 4.69) is 20.1 Å². The predicted octanol–water partition coefficient (Wildman–Crippen LogP) is 0.404. The van der Waals surface area contributed by atoms with Crippen LogP contribution in [0.15, 0.2) is 29.3 Å². The molecule has 3 aromatic heterocycles. The van der Waals surface area contributed by atoms with Crippen LogP contribution in [0.3, 0.4) is 0 Å². The third-order valence-corrected chi connectivity index (χ3v) is 3.69. The number of aromatic nitrogens is 7. The van der Waals surface area contributed by atoms with Gasteiger partial charge in [-0.05, 0) is 29.3 Å². The van der Waals surface area contributed by atoms with Gasteiger partial charge in [0.25, 0.3) is 0 Å². The Morgan fingerprint density at radius 2 is 2.32 bits per heavy atom. The Morgan fingerprint density at radius 3 is 2.95 bits per heavy atom. The molecule has 0 atom stereocenters. The van der Waals surface area contributed by atoms with E-state index in [4.69, 9.17) is 6.15 Å². The van der Waals surface area contributed by atoms with Crippen molar-refractivity contribution >= 4 is 0 Å². The van der Waals surface area contributed by atoms with Crippen LogP contribution >= 0.6 is 0 Å². The van der Waals surface area contributed by atoms with Crippen molar-refractivity contribution in [2.75, 3.05) is 0 Å². The fourth-order valence-corrected chi connectivity index (χ4v) is 2.41. The maximum Gasteiger partial charge on any atom is 0.368 e. The lowest BCUT2D eigenvalue weighted by Gasteiger charge is -2.10. The van der Waals surface area contributed by atoms with Gasteiger partial charge in [0.15, 0.2) is 1.41 Å². The van der Waals surface area contributed by atoms with E-state index >= 15 is 0 Å². The Balaban J connectivity index is 1.69. The van der Waals surface area contributed by atoms with Gasteiger partial charge in [0.2, 0.25) is 5.88 Å². The molecule has 1 aliphatic carbocycles. The molecule has 0 aliphatic heterocycles. The summed E-state index contributed by atoms with van der Waals surface area (Å²) in [5.41, 5.74) is 1.19. The van der Waals surface area contributed by atoms with Crippen LogP contribution < -0.4 is 10.4 Å². The van der Waals surface area contributed by atoms with Gasteiger partial charge in [0, 0.05) is 31.5 Å². The third-order valence-electron chi connectivity index (χ3n) is 3.69. The number of H-pyrrole nitrogens is 1. The van der Waals surface area contributed by atoms with Gasteiger partial charge >= 0.3 is 5.69 Å². The van der Waals surface area contributed by atoms with Crippen molar-refractivity contribution in [3.05, 3.63) is 40.7 Å². The van der Waals surface area contributed by atoms with E-state index in [1.54, 1.807) is 13.1 Å². The van der Waals surface area contributed by atoms with Crippen LogP contribution in [0, 0.1) is 0 Å². The summed E-state index contributed by atoms with van der Waals surface area (Å²) in [6.45, 7) is 0.235. The molecule has 4 rings (SSSR count). The monoisotopic (exact) mass is 303 g/mol. The molecule has 0 bridgehead atoms. The van der Waals surface area contributed by atoms with E-state index in [9.17, 15) is 4.79 Å². The summed E-state index contributed by atoms with van der Waals surface area (Å²) in [6, 6.07) is 3.89. The largest absolute Gasteiger partial charge is 0.470 e. The lowest BCUT2D eigenvalue weighted by atomic mass is 10.3. The highest BCUT2D eigenvalue weighted by Crippen LogP contribution is 2.37. The summed E-state index contributed by atoms with van der Waals surface area (Å²) in [6.07, 6.45) is 5.65. The average molecular weight is 303 g/mol. The molecule has 0 saturated heterocycles. The van der Waals surface area contributed by atoms with Gasteiger partial charge in [-0.15, -0.1) is 5.10 Å². The molecule has 1 aliphatic rings. The zero-order chi connectivity index (χ0) is 16.0. The second kappa shape index (κ2) is 4.86. The molecule has 1 fully saturated rings. The maximum atomic E-state index is 12.1. The third kappa shape index (κ3) is 2.10. The van der Waals surface area contributed by atoms with Gasteiger partial charge < -0.3 is 9.30 Å². The number of aromatic amines is 1. The molecule has 3 heterocycles. The highest BCUT2D eigenvalue weighted by atomic mass is 16.5. The Morgan fingerprint density at radius 1 is 1.45 bits per heavy atom. The maximum absolute atomic E-state index is 12.1. The minimum atomic E-state index is -0.310.